The first-order valence-corrected chi connectivity index (χ1v) is 5.88. The fourth-order valence-corrected chi connectivity index (χ4v) is 2.16. The van der Waals surface area contributed by atoms with Crippen molar-refractivity contribution in [2.45, 2.75) is 0 Å². The van der Waals surface area contributed by atoms with Crippen LogP contribution in [0, 0.1) is 0 Å². The molecule has 0 heterocycles. The van der Waals surface area contributed by atoms with E-state index in [1.165, 1.54) is 12.1 Å². The molecule has 0 bridgehead atoms. The quantitative estimate of drug-likeness (QED) is 0.619. The van der Waals surface area contributed by atoms with Crippen LogP contribution in [0.4, 0.5) is 0 Å². The van der Waals surface area contributed by atoms with Gasteiger partial charge in [0.2, 0.25) is 0 Å². The Morgan fingerprint density at radius 3 is 2.00 bits per heavy atom. The molecule has 0 amide bonds. The fraction of sp³-hybridized carbons (Fsp3) is 0. The minimum absolute atomic E-state index is 0.0342. The second-order valence-electron chi connectivity index (χ2n) is 4.45. The zero-order valence-electron chi connectivity index (χ0n) is 10.0. The van der Waals surface area contributed by atoms with E-state index in [1.54, 1.807) is 18.2 Å². The lowest BCUT2D eigenvalue weighted by molar-refractivity contribution is 0.452. The van der Waals surface area contributed by atoms with E-state index < -0.39 is 0 Å². The summed E-state index contributed by atoms with van der Waals surface area (Å²) in [6.07, 6.45) is 0. The smallest absolute Gasteiger partial charge is 0.127 e. The molecule has 0 saturated heterocycles. The van der Waals surface area contributed by atoms with Crippen LogP contribution < -0.4 is 0 Å². The monoisotopic (exact) mass is 252 g/mol. The molecule has 3 heteroatoms. The van der Waals surface area contributed by atoms with Gasteiger partial charge in [-0.25, -0.2) is 0 Å². The lowest BCUT2D eigenvalue weighted by Gasteiger charge is -2.07. The first kappa shape index (κ1) is 11.4. The first-order valence-electron chi connectivity index (χ1n) is 5.88. The van der Waals surface area contributed by atoms with Crippen molar-refractivity contribution in [2.75, 3.05) is 0 Å². The van der Waals surface area contributed by atoms with Crippen LogP contribution in [0.15, 0.2) is 54.6 Å². The van der Waals surface area contributed by atoms with E-state index in [9.17, 15) is 15.3 Å². The lowest BCUT2D eigenvalue weighted by atomic mass is 10.0. The van der Waals surface area contributed by atoms with Gasteiger partial charge in [0.15, 0.2) is 0 Å². The molecule has 0 spiro atoms. The van der Waals surface area contributed by atoms with Crippen molar-refractivity contribution in [1.29, 1.82) is 0 Å². The molecular weight excluding hydrogens is 240 g/mol. The number of phenols is 3. The third-order valence-corrected chi connectivity index (χ3v) is 3.12. The molecule has 0 aliphatic rings. The summed E-state index contributed by atoms with van der Waals surface area (Å²) in [5.41, 5.74) is 1.52. The molecule has 0 unspecified atom stereocenters. The fourth-order valence-electron chi connectivity index (χ4n) is 2.16. The van der Waals surface area contributed by atoms with Crippen LogP contribution in [0.3, 0.4) is 0 Å². The van der Waals surface area contributed by atoms with Gasteiger partial charge in [0, 0.05) is 11.6 Å². The number of benzene rings is 3. The molecule has 0 saturated carbocycles. The second kappa shape index (κ2) is 4.21. The van der Waals surface area contributed by atoms with Gasteiger partial charge in [-0.1, -0.05) is 18.2 Å². The number of rotatable bonds is 1. The summed E-state index contributed by atoms with van der Waals surface area (Å²) in [5, 5.41) is 30.5. The Hall–Kier alpha value is -2.68. The minimum atomic E-state index is 0.0342. The summed E-state index contributed by atoms with van der Waals surface area (Å²) in [6.45, 7) is 0. The van der Waals surface area contributed by atoms with Crippen LogP contribution in [0.1, 0.15) is 0 Å². The van der Waals surface area contributed by atoms with Crippen LogP contribution >= 0.6 is 0 Å². The molecule has 0 radical (unpaired) electrons. The molecule has 0 atom stereocenters. The van der Waals surface area contributed by atoms with E-state index in [4.69, 9.17) is 0 Å². The number of hydrogen-bond acceptors (Lipinski definition) is 3. The number of hydrogen-bond donors (Lipinski definition) is 3. The standard InChI is InChI=1S/C16H12O3/c17-13-4-3-10-7-12(2-1-11(10)8-13)15-6-5-14(18)9-16(15)19/h1-9,17-19H. The third kappa shape index (κ3) is 2.06. The van der Waals surface area contributed by atoms with Gasteiger partial charge in [0.1, 0.15) is 17.2 Å². The average molecular weight is 252 g/mol. The van der Waals surface area contributed by atoms with Crippen molar-refractivity contribution in [3.05, 3.63) is 54.6 Å². The summed E-state index contributed by atoms with van der Waals surface area (Å²) in [7, 11) is 0. The molecule has 3 aromatic rings. The zero-order valence-corrected chi connectivity index (χ0v) is 10.0. The SMILES string of the molecule is Oc1ccc(-c2ccc3cc(O)ccc3c2)c(O)c1. The van der Waals surface area contributed by atoms with Gasteiger partial charge in [-0.05, 0) is 46.7 Å². The lowest BCUT2D eigenvalue weighted by Crippen LogP contribution is -1.80. The zero-order chi connectivity index (χ0) is 13.4. The molecular formula is C16H12O3. The number of fused-ring (bicyclic) bond motifs is 1. The second-order valence-corrected chi connectivity index (χ2v) is 4.45. The van der Waals surface area contributed by atoms with Gasteiger partial charge in [-0.2, -0.15) is 0 Å². The molecule has 3 aromatic carbocycles. The van der Waals surface area contributed by atoms with Crippen LogP contribution in [0.5, 0.6) is 17.2 Å². The molecule has 0 fully saturated rings. The van der Waals surface area contributed by atoms with Crippen molar-refractivity contribution in [2.24, 2.45) is 0 Å². The Morgan fingerprint density at radius 1 is 0.579 bits per heavy atom. The summed E-state index contributed by atoms with van der Waals surface area (Å²) < 4.78 is 0. The van der Waals surface area contributed by atoms with Crippen molar-refractivity contribution >= 4 is 10.8 Å². The normalized spacial score (nSPS) is 10.7. The van der Waals surface area contributed by atoms with E-state index in [1.807, 2.05) is 24.3 Å². The minimum Gasteiger partial charge on any atom is -0.508 e. The highest BCUT2D eigenvalue weighted by atomic mass is 16.3. The molecule has 19 heavy (non-hydrogen) atoms. The van der Waals surface area contributed by atoms with Crippen molar-refractivity contribution < 1.29 is 15.3 Å². The molecule has 0 aromatic heterocycles. The van der Waals surface area contributed by atoms with E-state index >= 15 is 0 Å². The number of phenolic OH excluding ortho intramolecular Hbond substituents is 3. The summed E-state index contributed by atoms with van der Waals surface area (Å²) in [6, 6.07) is 15.4. The molecule has 0 aliphatic carbocycles. The Labute approximate surface area is 110 Å². The van der Waals surface area contributed by atoms with Gasteiger partial charge in [0.05, 0.1) is 0 Å². The van der Waals surface area contributed by atoms with Crippen LogP contribution in [0.2, 0.25) is 0 Å². The Morgan fingerprint density at radius 2 is 1.21 bits per heavy atom. The predicted octanol–water partition coefficient (Wildman–Crippen LogP) is 3.62. The molecule has 0 aliphatic heterocycles. The van der Waals surface area contributed by atoms with Crippen molar-refractivity contribution in [1.82, 2.24) is 0 Å². The molecule has 3 N–H and O–H groups in total. The van der Waals surface area contributed by atoms with Crippen LogP contribution in [-0.2, 0) is 0 Å². The highest BCUT2D eigenvalue weighted by Gasteiger charge is 2.06. The molecule has 94 valence electrons. The highest BCUT2D eigenvalue weighted by Crippen LogP contribution is 2.34. The largest absolute Gasteiger partial charge is 0.508 e. The summed E-state index contributed by atoms with van der Waals surface area (Å²) >= 11 is 0. The Bertz CT molecular complexity index is 763. The van der Waals surface area contributed by atoms with Crippen LogP contribution in [0.25, 0.3) is 21.9 Å². The van der Waals surface area contributed by atoms with Crippen LogP contribution in [-0.4, -0.2) is 15.3 Å². The van der Waals surface area contributed by atoms with Gasteiger partial charge in [-0.3, -0.25) is 0 Å². The van der Waals surface area contributed by atoms with E-state index in [2.05, 4.69) is 0 Å². The van der Waals surface area contributed by atoms with Gasteiger partial charge >= 0.3 is 0 Å². The van der Waals surface area contributed by atoms with Gasteiger partial charge < -0.3 is 15.3 Å². The maximum atomic E-state index is 9.86. The third-order valence-electron chi connectivity index (χ3n) is 3.12. The molecule has 3 nitrogen and oxygen atoms in total. The number of aromatic hydroxyl groups is 3. The summed E-state index contributed by atoms with van der Waals surface area (Å²) in [4.78, 5) is 0. The highest BCUT2D eigenvalue weighted by molar-refractivity contribution is 5.89. The first-order chi connectivity index (χ1) is 9.13. The van der Waals surface area contributed by atoms with Gasteiger partial charge in [0.25, 0.3) is 0 Å². The predicted molar refractivity (Wildman–Crippen MR) is 74.4 cm³/mol. The van der Waals surface area contributed by atoms with Gasteiger partial charge in [-0.15, -0.1) is 0 Å². The Balaban J connectivity index is 2.17. The Kier molecular flexibility index (Phi) is 2.53. The maximum Gasteiger partial charge on any atom is 0.127 e. The average Bonchev–Trinajstić information content (AvgIpc) is 2.38. The van der Waals surface area contributed by atoms with Crippen molar-refractivity contribution in [3.63, 3.8) is 0 Å². The topological polar surface area (TPSA) is 60.7 Å². The summed E-state index contributed by atoms with van der Waals surface area (Å²) in [5.74, 6) is 0.304. The maximum absolute atomic E-state index is 9.86. The van der Waals surface area contributed by atoms with E-state index in [-0.39, 0.29) is 17.2 Å². The van der Waals surface area contributed by atoms with Crippen molar-refractivity contribution in [3.8, 4) is 28.4 Å². The molecule has 3 rings (SSSR count). The van der Waals surface area contributed by atoms with E-state index in [0.29, 0.717) is 5.56 Å². The van der Waals surface area contributed by atoms with E-state index in [0.717, 1.165) is 16.3 Å².